The van der Waals surface area contributed by atoms with Gasteiger partial charge in [0.1, 0.15) is 0 Å². The maximum absolute atomic E-state index is 10.7. The normalized spacial score (nSPS) is 18.9. The largest absolute Gasteiger partial charge is 0.398 e. The van der Waals surface area contributed by atoms with E-state index in [2.05, 4.69) is 0 Å². The van der Waals surface area contributed by atoms with Crippen LogP contribution in [-0.2, 0) is 5.60 Å². The fourth-order valence-electron chi connectivity index (χ4n) is 2.62. The van der Waals surface area contributed by atoms with E-state index in [-0.39, 0.29) is 0 Å². The van der Waals surface area contributed by atoms with Crippen LogP contribution < -0.4 is 11.1 Å². The maximum Gasteiger partial charge on any atom is 0.169 e. The van der Waals surface area contributed by atoms with Crippen LogP contribution in [0.15, 0.2) is 12.1 Å². The second kappa shape index (κ2) is 4.67. The highest BCUT2D eigenvalue weighted by molar-refractivity contribution is 6.31. The quantitative estimate of drug-likeness (QED) is 0.548. The minimum atomic E-state index is -0.831. The molecule has 0 heterocycles. The van der Waals surface area contributed by atoms with Crippen molar-refractivity contribution in [2.24, 2.45) is 0 Å². The van der Waals surface area contributed by atoms with Gasteiger partial charge in [0.2, 0.25) is 0 Å². The van der Waals surface area contributed by atoms with E-state index in [4.69, 9.17) is 22.7 Å². The van der Waals surface area contributed by atoms with Crippen LogP contribution in [0.1, 0.15) is 43.2 Å². The molecule has 0 unspecified atom stereocenters. The summed E-state index contributed by atoms with van der Waals surface area (Å²) in [6.45, 7) is 0. The second-order valence-electron chi connectivity index (χ2n) is 4.72. The number of nitrogen functional groups attached to an aromatic ring is 1. The molecule has 4 heteroatoms. The number of hydrogen-bond donors (Lipinski definition) is 3. The molecule has 5 N–H and O–H groups in total. The fourth-order valence-corrected chi connectivity index (χ4v) is 2.84. The maximum atomic E-state index is 10.7. The van der Waals surface area contributed by atoms with Crippen molar-refractivity contribution in [3.05, 3.63) is 28.3 Å². The molecule has 1 aliphatic carbocycles. The third kappa shape index (κ3) is 2.31. The molecule has 1 saturated carbocycles. The number of anilines is 1. The number of hydrogen-bond acceptors (Lipinski definition) is 2. The molecule has 2 rings (SSSR count). The molecule has 1 fully saturated rings. The lowest BCUT2D eigenvalue weighted by atomic mass is 9.78. The lowest BCUT2D eigenvalue weighted by Crippen LogP contribution is -2.35. The molecule has 0 radical (unpaired) electrons. The zero-order valence-electron chi connectivity index (χ0n) is 9.75. The van der Waals surface area contributed by atoms with Gasteiger partial charge in [0, 0.05) is 16.3 Å². The first-order valence-electron chi connectivity index (χ1n) is 5.94. The highest BCUT2D eigenvalue weighted by Crippen LogP contribution is 2.40. The average Bonchev–Trinajstić information content (AvgIpc) is 2.29. The van der Waals surface area contributed by atoms with Gasteiger partial charge in [0.25, 0.3) is 0 Å². The Morgan fingerprint density at radius 3 is 2.53 bits per heavy atom. The molecule has 0 amide bonds. The van der Waals surface area contributed by atoms with Gasteiger partial charge in [0.15, 0.2) is 6.21 Å². The molecule has 0 aromatic heterocycles. The van der Waals surface area contributed by atoms with Gasteiger partial charge in [-0.2, -0.15) is 0 Å². The molecule has 17 heavy (non-hydrogen) atoms. The van der Waals surface area contributed by atoms with Crippen LogP contribution in [0.25, 0.3) is 0 Å². The molecule has 3 nitrogen and oxygen atoms in total. The highest BCUT2D eigenvalue weighted by Gasteiger charge is 2.34. The number of nitrogens with two attached hydrogens (primary N) is 2. The summed E-state index contributed by atoms with van der Waals surface area (Å²) < 4.78 is 0. The van der Waals surface area contributed by atoms with Crippen LogP contribution >= 0.6 is 11.6 Å². The lowest BCUT2D eigenvalue weighted by Gasteiger charge is -2.33. The highest BCUT2D eigenvalue weighted by atomic mass is 35.5. The predicted molar refractivity (Wildman–Crippen MR) is 69.9 cm³/mol. The van der Waals surface area contributed by atoms with E-state index in [1.54, 1.807) is 12.1 Å². The van der Waals surface area contributed by atoms with Gasteiger partial charge in [-0.1, -0.05) is 30.9 Å². The molecule has 0 spiro atoms. The third-order valence-electron chi connectivity index (χ3n) is 3.53. The molecule has 0 saturated heterocycles. The Kier molecular flexibility index (Phi) is 3.40. The smallest absolute Gasteiger partial charge is 0.169 e. The van der Waals surface area contributed by atoms with Gasteiger partial charge < -0.3 is 10.8 Å². The molecule has 0 aliphatic heterocycles. The van der Waals surface area contributed by atoms with Crippen LogP contribution in [-0.4, -0.2) is 11.3 Å². The predicted octanol–water partition coefficient (Wildman–Crippen LogP) is 1.25. The Morgan fingerprint density at radius 2 is 1.94 bits per heavy atom. The van der Waals surface area contributed by atoms with Crippen molar-refractivity contribution in [1.82, 2.24) is 0 Å². The number of aliphatic hydroxyl groups is 1. The first-order valence-corrected chi connectivity index (χ1v) is 6.31. The van der Waals surface area contributed by atoms with E-state index in [9.17, 15) is 5.11 Å². The third-order valence-corrected chi connectivity index (χ3v) is 3.74. The van der Waals surface area contributed by atoms with Crippen molar-refractivity contribution >= 4 is 23.5 Å². The van der Waals surface area contributed by atoms with Crippen LogP contribution in [0.4, 0.5) is 5.69 Å². The van der Waals surface area contributed by atoms with E-state index in [1.807, 2.05) is 0 Å². The van der Waals surface area contributed by atoms with Gasteiger partial charge >= 0.3 is 0 Å². The van der Waals surface area contributed by atoms with Crippen molar-refractivity contribution in [2.75, 3.05) is 5.73 Å². The van der Waals surface area contributed by atoms with Crippen LogP contribution in [0.3, 0.4) is 0 Å². The summed E-state index contributed by atoms with van der Waals surface area (Å²) in [5.74, 6) is 0. The summed E-state index contributed by atoms with van der Waals surface area (Å²) in [4.78, 5) is 0. The van der Waals surface area contributed by atoms with Gasteiger partial charge in [0.05, 0.1) is 11.2 Å². The molecule has 1 aliphatic rings. The summed E-state index contributed by atoms with van der Waals surface area (Å²) in [7, 11) is 0. The minimum Gasteiger partial charge on any atom is -0.398 e. The van der Waals surface area contributed by atoms with E-state index >= 15 is 0 Å². The Labute approximate surface area is 106 Å². The molecule has 0 bridgehead atoms. The van der Waals surface area contributed by atoms with Crippen molar-refractivity contribution in [3.63, 3.8) is 0 Å². The first kappa shape index (κ1) is 12.4. The van der Waals surface area contributed by atoms with Crippen molar-refractivity contribution < 1.29 is 10.5 Å². The molecule has 92 valence electrons. The van der Waals surface area contributed by atoms with Gasteiger partial charge in [-0.05, 0) is 25.0 Å². The van der Waals surface area contributed by atoms with Crippen molar-refractivity contribution in [3.8, 4) is 0 Å². The van der Waals surface area contributed by atoms with E-state index in [1.165, 1.54) is 12.6 Å². The second-order valence-corrected chi connectivity index (χ2v) is 5.15. The Morgan fingerprint density at radius 1 is 1.29 bits per heavy atom. The van der Waals surface area contributed by atoms with Crippen LogP contribution in [0.5, 0.6) is 0 Å². The van der Waals surface area contributed by atoms with Gasteiger partial charge in [-0.15, -0.1) is 0 Å². The Hall–Kier alpha value is -1.06. The van der Waals surface area contributed by atoms with Crippen molar-refractivity contribution in [1.29, 1.82) is 0 Å². The van der Waals surface area contributed by atoms with Crippen molar-refractivity contribution in [2.45, 2.75) is 37.7 Å². The monoisotopic (exact) mass is 253 g/mol. The molecule has 1 aromatic rings. The van der Waals surface area contributed by atoms with E-state index in [0.717, 1.165) is 31.2 Å². The van der Waals surface area contributed by atoms with E-state index in [0.29, 0.717) is 16.3 Å². The number of benzene rings is 1. The lowest BCUT2D eigenvalue weighted by molar-refractivity contribution is -0.104. The van der Waals surface area contributed by atoms with E-state index < -0.39 is 5.60 Å². The fraction of sp³-hybridized carbons (Fsp3) is 0.462. The number of rotatable bonds is 2. The average molecular weight is 254 g/mol. The summed E-state index contributed by atoms with van der Waals surface area (Å²) in [6, 6.07) is 3.44. The molecular weight excluding hydrogens is 236 g/mol. The standard InChI is InChI=1S/C13H17ClN2O/c14-9-6-11(10(8-15)12(16)7-9)13(17)4-2-1-3-5-13/h6-8,15,17H,1-5,16H2/p+1. The van der Waals surface area contributed by atoms with Crippen LogP contribution in [0.2, 0.25) is 5.02 Å². The number of halogens is 1. The summed E-state index contributed by atoms with van der Waals surface area (Å²) in [6.07, 6.45) is 6.15. The van der Waals surface area contributed by atoms with Gasteiger partial charge in [-0.25, -0.2) is 0 Å². The zero-order valence-corrected chi connectivity index (χ0v) is 10.5. The Bertz CT molecular complexity index is 439. The zero-order chi connectivity index (χ0) is 12.5. The summed E-state index contributed by atoms with van der Waals surface area (Å²) >= 11 is 6.01. The summed E-state index contributed by atoms with van der Waals surface area (Å²) in [5, 5.41) is 16.9. The van der Waals surface area contributed by atoms with Gasteiger partial charge in [-0.3, -0.25) is 5.41 Å². The SMILES string of the molecule is Nc1cc(Cl)cc(C2(O)CCCCC2)c1C=[NH2+]. The Balaban J connectivity index is 2.52. The topological polar surface area (TPSA) is 71.8 Å². The summed E-state index contributed by atoms with van der Waals surface area (Å²) in [5.41, 5.74) is 7.06. The molecule has 0 atom stereocenters. The van der Waals surface area contributed by atoms with Crippen LogP contribution in [0, 0.1) is 0 Å². The molecule has 1 aromatic carbocycles. The minimum absolute atomic E-state index is 0.522. The first-order chi connectivity index (χ1) is 8.07. The molecular formula is C13H18ClN2O+.